The number of ether oxygens (including phenoxy) is 3. The van der Waals surface area contributed by atoms with E-state index < -0.39 is 0 Å². The van der Waals surface area contributed by atoms with E-state index >= 15 is 0 Å². The third-order valence-corrected chi connectivity index (χ3v) is 1.63. The largest absolute Gasteiger partial charge is 0.463 e. The lowest BCUT2D eigenvalue weighted by Crippen LogP contribution is -2.11. The van der Waals surface area contributed by atoms with Crippen LogP contribution in [0.4, 0.5) is 0 Å². The highest BCUT2D eigenvalue weighted by Crippen LogP contribution is 2.15. The van der Waals surface area contributed by atoms with Gasteiger partial charge in [-0.3, -0.25) is 4.79 Å². The van der Waals surface area contributed by atoms with Gasteiger partial charge in [0.2, 0.25) is 0 Å². The lowest BCUT2D eigenvalue weighted by Gasteiger charge is -1.99. The minimum Gasteiger partial charge on any atom is -0.463 e. The van der Waals surface area contributed by atoms with E-state index in [-0.39, 0.29) is 18.2 Å². The Morgan fingerprint density at radius 3 is 2.55 bits per heavy atom. The predicted molar refractivity (Wildman–Crippen MR) is 35.1 cm³/mol. The molecule has 0 aromatic rings. The van der Waals surface area contributed by atoms with Crippen LogP contribution in [0.2, 0.25) is 0 Å². The molecule has 0 aromatic heterocycles. The lowest BCUT2D eigenvalue weighted by molar-refractivity contribution is -0.144. The molecule has 2 fully saturated rings. The number of carbonyl (C=O) groups excluding carboxylic acids is 1. The van der Waals surface area contributed by atoms with Crippen molar-refractivity contribution in [1.82, 2.24) is 0 Å². The summed E-state index contributed by atoms with van der Waals surface area (Å²) in [6, 6.07) is 0. The SMILES string of the molecule is O=C(CC1CO1)OCC1CO1. The van der Waals surface area contributed by atoms with Crippen molar-refractivity contribution >= 4 is 5.97 Å². The van der Waals surface area contributed by atoms with Crippen molar-refractivity contribution in [2.45, 2.75) is 18.6 Å². The fraction of sp³-hybridized carbons (Fsp3) is 0.857. The second kappa shape index (κ2) is 2.79. The molecule has 62 valence electrons. The van der Waals surface area contributed by atoms with E-state index in [1.807, 2.05) is 0 Å². The van der Waals surface area contributed by atoms with Gasteiger partial charge in [-0.05, 0) is 0 Å². The molecule has 0 aliphatic carbocycles. The van der Waals surface area contributed by atoms with Gasteiger partial charge in [0.25, 0.3) is 0 Å². The van der Waals surface area contributed by atoms with Crippen LogP contribution in [-0.4, -0.2) is 38.0 Å². The molecule has 0 spiro atoms. The van der Waals surface area contributed by atoms with Gasteiger partial charge in [-0.25, -0.2) is 0 Å². The Morgan fingerprint density at radius 1 is 1.36 bits per heavy atom. The number of hydrogen-bond donors (Lipinski definition) is 0. The second-order valence-electron chi connectivity index (χ2n) is 2.80. The Bertz CT molecular complexity index is 160. The Hall–Kier alpha value is -0.610. The van der Waals surface area contributed by atoms with Crippen LogP contribution in [0.15, 0.2) is 0 Å². The predicted octanol–water partition coefficient (Wildman–Crippen LogP) is -0.283. The van der Waals surface area contributed by atoms with Crippen LogP contribution in [0, 0.1) is 0 Å². The summed E-state index contributed by atoms with van der Waals surface area (Å²) in [5.74, 6) is -0.178. The standard InChI is InChI=1S/C7H10O4/c8-7(1-5-2-9-5)11-4-6-3-10-6/h5-6H,1-4H2. The van der Waals surface area contributed by atoms with Gasteiger partial charge in [0.15, 0.2) is 0 Å². The monoisotopic (exact) mass is 158 g/mol. The third kappa shape index (κ3) is 2.48. The average Bonchev–Trinajstić information content (AvgIpc) is 2.80. The van der Waals surface area contributed by atoms with Gasteiger partial charge in [-0.15, -0.1) is 0 Å². The molecule has 4 nitrogen and oxygen atoms in total. The van der Waals surface area contributed by atoms with Crippen molar-refractivity contribution in [2.75, 3.05) is 19.8 Å². The normalized spacial score (nSPS) is 33.1. The molecule has 2 aliphatic heterocycles. The van der Waals surface area contributed by atoms with E-state index in [2.05, 4.69) is 0 Å². The van der Waals surface area contributed by atoms with Crippen molar-refractivity contribution in [3.63, 3.8) is 0 Å². The molecular formula is C7H10O4. The van der Waals surface area contributed by atoms with Crippen molar-refractivity contribution in [3.8, 4) is 0 Å². The molecule has 4 heteroatoms. The molecule has 0 amide bonds. The Balaban J connectivity index is 1.56. The van der Waals surface area contributed by atoms with Crippen LogP contribution in [0.25, 0.3) is 0 Å². The summed E-state index contributed by atoms with van der Waals surface area (Å²) in [6.45, 7) is 1.84. The van der Waals surface area contributed by atoms with E-state index in [1.54, 1.807) is 0 Å². The van der Waals surface area contributed by atoms with Crippen LogP contribution in [0.5, 0.6) is 0 Å². The number of rotatable bonds is 4. The highest BCUT2D eigenvalue weighted by molar-refractivity contribution is 5.70. The lowest BCUT2D eigenvalue weighted by atomic mass is 10.3. The summed E-state index contributed by atoms with van der Waals surface area (Å²) < 4.78 is 14.6. The molecule has 11 heavy (non-hydrogen) atoms. The average molecular weight is 158 g/mol. The minimum absolute atomic E-state index is 0.127. The van der Waals surface area contributed by atoms with E-state index in [1.165, 1.54) is 0 Å². The Morgan fingerprint density at radius 2 is 2.00 bits per heavy atom. The Kier molecular flexibility index (Phi) is 1.79. The van der Waals surface area contributed by atoms with Gasteiger partial charge in [-0.2, -0.15) is 0 Å². The van der Waals surface area contributed by atoms with E-state index in [9.17, 15) is 4.79 Å². The molecule has 2 aliphatic rings. The van der Waals surface area contributed by atoms with E-state index in [0.29, 0.717) is 19.6 Å². The second-order valence-corrected chi connectivity index (χ2v) is 2.80. The van der Waals surface area contributed by atoms with Crippen LogP contribution >= 0.6 is 0 Å². The third-order valence-electron chi connectivity index (χ3n) is 1.63. The maximum Gasteiger partial charge on any atom is 0.308 e. The molecule has 0 bridgehead atoms. The van der Waals surface area contributed by atoms with Gasteiger partial charge < -0.3 is 14.2 Å². The van der Waals surface area contributed by atoms with Gasteiger partial charge in [-0.1, -0.05) is 0 Å². The van der Waals surface area contributed by atoms with Crippen LogP contribution < -0.4 is 0 Å². The summed E-state index contributed by atoms with van der Waals surface area (Å²) >= 11 is 0. The number of hydrogen-bond acceptors (Lipinski definition) is 4. The zero-order chi connectivity index (χ0) is 7.68. The summed E-state index contributed by atoms with van der Waals surface area (Å²) in [4.78, 5) is 10.9. The zero-order valence-corrected chi connectivity index (χ0v) is 6.12. The maximum atomic E-state index is 10.9. The fourth-order valence-electron chi connectivity index (χ4n) is 0.781. The van der Waals surface area contributed by atoms with Crippen molar-refractivity contribution < 1.29 is 19.0 Å². The van der Waals surface area contributed by atoms with Crippen LogP contribution in [0.3, 0.4) is 0 Å². The summed E-state index contributed by atoms with van der Waals surface area (Å²) in [6.07, 6.45) is 0.689. The highest BCUT2D eigenvalue weighted by atomic mass is 16.6. The molecule has 2 atom stereocenters. The molecule has 2 heterocycles. The first-order valence-electron chi connectivity index (χ1n) is 3.73. The van der Waals surface area contributed by atoms with Gasteiger partial charge in [0, 0.05) is 0 Å². The molecule has 2 unspecified atom stereocenters. The van der Waals surface area contributed by atoms with Gasteiger partial charge in [0.1, 0.15) is 12.7 Å². The number of epoxide rings is 2. The molecule has 0 radical (unpaired) electrons. The smallest absolute Gasteiger partial charge is 0.308 e. The first-order valence-corrected chi connectivity index (χ1v) is 3.73. The first-order chi connectivity index (χ1) is 5.34. The van der Waals surface area contributed by atoms with E-state index in [4.69, 9.17) is 14.2 Å². The quantitative estimate of drug-likeness (QED) is 0.417. The Labute approximate surface area is 64.4 Å². The first kappa shape index (κ1) is 7.06. The zero-order valence-electron chi connectivity index (χ0n) is 6.12. The van der Waals surface area contributed by atoms with Gasteiger partial charge >= 0.3 is 5.97 Å². The van der Waals surface area contributed by atoms with Crippen LogP contribution in [-0.2, 0) is 19.0 Å². The summed E-state index contributed by atoms with van der Waals surface area (Å²) in [5.41, 5.74) is 0. The van der Waals surface area contributed by atoms with Crippen molar-refractivity contribution in [2.24, 2.45) is 0 Å². The minimum atomic E-state index is -0.178. The molecular weight excluding hydrogens is 148 g/mol. The number of esters is 1. The van der Waals surface area contributed by atoms with Gasteiger partial charge in [0.05, 0.1) is 25.7 Å². The molecule has 2 saturated heterocycles. The highest BCUT2D eigenvalue weighted by Gasteiger charge is 2.28. The fourth-order valence-corrected chi connectivity index (χ4v) is 0.781. The topological polar surface area (TPSA) is 51.4 Å². The molecule has 0 N–H and O–H groups in total. The van der Waals surface area contributed by atoms with E-state index in [0.717, 1.165) is 6.61 Å². The van der Waals surface area contributed by atoms with Crippen LogP contribution in [0.1, 0.15) is 6.42 Å². The molecule has 0 aromatic carbocycles. The summed E-state index contributed by atoms with van der Waals surface area (Å²) in [7, 11) is 0. The molecule has 2 rings (SSSR count). The number of carbonyl (C=O) groups is 1. The summed E-state index contributed by atoms with van der Waals surface area (Å²) in [5, 5.41) is 0. The molecule has 0 saturated carbocycles. The van der Waals surface area contributed by atoms with Crippen molar-refractivity contribution in [3.05, 3.63) is 0 Å². The maximum absolute atomic E-state index is 10.9. The van der Waals surface area contributed by atoms with Crippen molar-refractivity contribution in [1.29, 1.82) is 0 Å².